The Labute approximate surface area is 95.9 Å². The summed E-state index contributed by atoms with van der Waals surface area (Å²) in [6.45, 7) is 4.94. The van der Waals surface area contributed by atoms with E-state index in [1.807, 2.05) is 0 Å². The van der Waals surface area contributed by atoms with Crippen molar-refractivity contribution in [3.05, 3.63) is 24.3 Å². The predicted molar refractivity (Wildman–Crippen MR) is 63.1 cm³/mol. The van der Waals surface area contributed by atoms with E-state index in [0.717, 1.165) is 26.1 Å². The average molecular weight is 223 g/mol. The van der Waals surface area contributed by atoms with E-state index >= 15 is 0 Å². The van der Waals surface area contributed by atoms with E-state index in [4.69, 9.17) is 0 Å². The molecule has 0 bridgehead atoms. The zero-order valence-electron chi connectivity index (χ0n) is 9.86. The first-order chi connectivity index (χ1) is 7.72. The highest BCUT2D eigenvalue weighted by Crippen LogP contribution is 2.21. The number of pyridine rings is 1. The first kappa shape index (κ1) is 11.3. The number of nitrogens with zero attached hydrogens (tertiary/aromatic N) is 3. The first-order valence-corrected chi connectivity index (χ1v) is 5.77. The maximum Gasteiger partial charge on any atom is 0.164 e. The van der Waals surface area contributed by atoms with Gasteiger partial charge in [-0.1, -0.05) is 6.92 Å². The van der Waals surface area contributed by atoms with E-state index in [0.29, 0.717) is 11.7 Å². The van der Waals surface area contributed by atoms with Crippen LogP contribution in [0, 0.1) is 5.82 Å². The van der Waals surface area contributed by atoms with E-state index in [9.17, 15) is 4.39 Å². The topological polar surface area (TPSA) is 19.4 Å². The van der Waals surface area contributed by atoms with Crippen molar-refractivity contribution < 1.29 is 4.39 Å². The summed E-state index contributed by atoms with van der Waals surface area (Å²) >= 11 is 0. The molecule has 1 aromatic rings. The molecule has 2 rings (SSSR count). The van der Waals surface area contributed by atoms with Crippen molar-refractivity contribution >= 4 is 5.69 Å². The Morgan fingerprint density at radius 3 is 3.00 bits per heavy atom. The van der Waals surface area contributed by atoms with Crippen LogP contribution < -0.4 is 4.90 Å². The second kappa shape index (κ2) is 4.78. The van der Waals surface area contributed by atoms with Gasteiger partial charge in [0, 0.05) is 31.9 Å². The summed E-state index contributed by atoms with van der Waals surface area (Å²) < 4.78 is 13.6. The third-order valence-electron chi connectivity index (χ3n) is 3.34. The lowest BCUT2D eigenvalue weighted by Crippen LogP contribution is -2.51. The Hall–Kier alpha value is -1.16. The van der Waals surface area contributed by atoms with Gasteiger partial charge in [0.05, 0.1) is 11.9 Å². The molecular formula is C12H18FN3. The van der Waals surface area contributed by atoms with Crippen molar-refractivity contribution in [2.75, 3.05) is 31.6 Å². The third-order valence-corrected chi connectivity index (χ3v) is 3.34. The third kappa shape index (κ3) is 2.16. The number of hydrogen-bond donors (Lipinski definition) is 0. The van der Waals surface area contributed by atoms with Gasteiger partial charge in [-0.2, -0.15) is 0 Å². The minimum absolute atomic E-state index is 0.220. The molecule has 0 aliphatic carbocycles. The van der Waals surface area contributed by atoms with E-state index in [-0.39, 0.29) is 5.82 Å². The van der Waals surface area contributed by atoms with Crippen molar-refractivity contribution in [2.24, 2.45) is 0 Å². The molecule has 1 aliphatic heterocycles. The van der Waals surface area contributed by atoms with Crippen LogP contribution in [0.4, 0.5) is 10.1 Å². The summed E-state index contributed by atoms with van der Waals surface area (Å²) in [5.41, 5.74) is 0.682. The molecule has 1 aromatic heterocycles. The van der Waals surface area contributed by atoms with Gasteiger partial charge >= 0.3 is 0 Å². The van der Waals surface area contributed by atoms with Crippen LogP contribution >= 0.6 is 0 Å². The molecule has 4 heteroatoms. The summed E-state index contributed by atoms with van der Waals surface area (Å²) in [6.07, 6.45) is 4.03. The Kier molecular flexibility index (Phi) is 3.39. The summed E-state index contributed by atoms with van der Waals surface area (Å²) in [6, 6.07) is 2.27. The molecule has 1 unspecified atom stereocenters. The Balaban J connectivity index is 2.14. The molecule has 0 amide bonds. The predicted octanol–water partition coefficient (Wildman–Crippen LogP) is 1.75. The molecule has 2 heterocycles. The van der Waals surface area contributed by atoms with Gasteiger partial charge in [-0.15, -0.1) is 0 Å². The molecule has 0 radical (unpaired) electrons. The fourth-order valence-corrected chi connectivity index (χ4v) is 2.23. The lowest BCUT2D eigenvalue weighted by atomic mass is 10.1. The largest absolute Gasteiger partial charge is 0.366 e. The van der Waals surface area contributed by atoms with Gasteiger partial charge in [-0.25, -0.2) is 4.39 Å². The normalized spacial score (nSPS) is 22.4. The lowest BCUT2D eigenvalue weighted by molar-refractivity contribution is 0.213. The molecule has 0 spiro atoms. The quantitative estimate of drug-likeness (QED) is 0.761. The van der Waals surface area contributed by atoms with Gasteiger partial charge < -0.3 is 4.90 Å². The van der Waals surface area contributed by atoms with Gasteiger partial charge in [0.15, 0.2) is 5.82 Å². The van der Waals surface area contributed by atoms with Crippen LogP contribution in [0.2, 0.25) is 0 Å². The van der Waals surface area contributed by atoms with E-state index in [1.165, 1.54) is 6.20 Å². The zero-order valence-corrected chi connectivity index (χ0v) is 9.86. The van der Waals surface area contributed by atoms with Crippen LogP contribution in [-0.2, 0) is 0 Å². The van der Waals surface area contributed by atoms with Crippen molar-refractivity contribution in [1.82, 2.24) is 9.88 Å². The van der Waals surface area contributed by atoms with E-state index in [1.54, 1.807) is 12.3 Å². The van der Waals surface area contributed by atoms with E-state index in [2.05, 4.69) is 28.8 Å². The number of piperazine rings is 1. The molecule has 1 saturated heterocycles. The highest BCUT2D eigenvalue weighted by Gasteiger charge is 2.24. The number of anilines is 1. The monoisotopic (exact) mass is 223 g/mol. The Morgan fingerprint density at radius 1 is 1.50 bits per heavy atom. The number of aromatic nitrogens is 1. The number of halogens is 1. The average Bonchev–Trinajstić information content (AvgIpc) is 2.31. The van der Waals surface area contributed by atoms with Crippen LogP contribution in [0.3, 0.4) is 0 Å². The lowest BCUT2D eigenvalue weighted by Gasteiger charge is -2.40. The van der Waals surface area contributed by atoms with Crippen LogP contribution in [-0.4, -0.2) is 42.6 Å². The molecule has 0 aromatic carbocycles. The van der Waals surface area contributed by atoms with Gasteiger partial charge in [-0.3, -0.25) is 9.88 Å². The molecule has 16 heavy (non-hydrogen) atoms. The summed E-state index contributed by atoms with van der Waals surface area (Å²) in [4.78, 5) is 8.24. The second-order valence-electron chi connectivity index (χ2n) is 4.32. The number of hydrogen-bond acceptors (Lipinski definition) is 3. The summed E-state index contributed by atoms with van der Waals surface area (Å²) in [5.74, 6) is -0.220. The van der Waals surface area contributed by atoms with Crippen molar-refractivity contribution in [3.8, 4) is 0 Å². The van der Waals surface area contributed by atoms with E-state index < -0.39 is 0 Å². The van der Waals surface area contributed by atoms with Gasteiger partial charge in [0.25, 0.3) is 0 Å². The van der Waals surface area contributed by atoms with Gasteiger partial charge in [-0.05, 0) is 19.5 Å². The van der Waals surface area contributed by atoms with Gasteiger partial charge in [0.1, 0.15) is 0 Å². The zero-order chi connectivity index (χ0) is 11.5. The van der Waals surface area contributed by atoms with Crippen LogP contribution in [0.25, 0.3) is 0 Å². The summed E-state index contributed by atoms with van der Waals surface area (Å²) in [7, 11) is 2.13. The molecule has 0 N–H and O–H groups in total. The molecular weight excluding hydrogens is 205 g/mol. The molecule has 0 saturated carbocycles. The molecule has 1 aliphatic rings. The first-order valence-electron chi connectivity index (χ1n) is 5.77. The van der Waals surface area contributed by atoms with Crippen LogP contribution in [0.1, 0.15) is 13.3 Å². The minimum atomic E-state index is -0.220. The highest BCUT2D eigenvalue weighted by molar-refractivity contribution is 5.46. The van der Waals surface area contributed by atoms with Gasteiger partial charge in [0.2, 0.25) is 0 Å². The molecule has 1 fully saturated rings. The fraction of sp³-hybridized carbons (Fsp3) is 0.583. The second-order valence-corrected chi connectivity index (χ2v) is 4.32. The number of likely N-dealkylation sites (N-methyl/N-ethyl adjacent to an activating group) is 1. The van der Waals surface area contributed by atoms with Crippen molar-refractivity contribution in [2.45, 2.75) is 19.4 Å². The standard InChI is InChI=1S/C12H18FN3/c1-3-10-9-16(7-6-15(10)2)12-4-5-14-8-11(12)13/h4-5,8,10H,3,6-7,9H2,1-2H3. The van der Waals surface area contributed by atoms with Crippen LogP contribution in [0.15, 0.2) is 18.5 Å². The summed E-state index contributed by atoms with van der Waals surface area (Å²) in [5, 5.41) is 0. The Morgan fingerprint density at radius 2 is 2.31 bits per heavy atom. The molecule has 3 nitrogen and oxygen atoms in total. The number of rotatable bonds is 2. The van der Waals surface area contributed by atoms with Crippen LogP contribution in [0.5, 0.6) is 0 Å². The van der Waals surface area contributed by atoms with Crippen molar-refractivity contribution in [1.29, 1.82) is 0 Å². The smallest absolute Gasteiger partial charge is 0.164 e. The SMILES string of the molecule is CCC1CN(c2ccncc2F)CCN1C. The van der Waals surface area contributed by atoms with Crippen molar-refractivity contribution in [3.63, 3.8) is 0 Å². The molecule has 88 valence electrons. The molecule has 1 atom stereocenters. The Bertz CT molecular complexity index is 356. The highest BCUT2D eigenvalue weighted by atomic mass is 19.1. The fourth-order valence-electron chi connectivity index (χ4n) is 2.23. The minimum Gasteiger partial charge on any atom is -0.366 e. The maximum atomic E-state index is 13.6. The maximum absolute atomic E-state index is 13.6.